The van der Waals surface area contributed by atoms with Crippen molar-refractivity contribution in [3.8, 4) is 11.5 Å². The fourth-order valence-electron chi connectivity index (χ4n) is 3.11. The number of carbonyl (C=O) groups excluding carboxylic acids is 1. The van der Waals surface area contributed by atoms with E-state index < -0.39 is 0 Å². The van der Waals surface area contributed by atoms with Crippen LogP contribution >= 0.6 is 11.3 Å². The summed E-state index contributed by atoms with van der Waals surface area (Å²) in [5, 5.41) is 2.03. The van der Waals surface area contributed by atoms with Crippen molar-refractivity contribution >= 4 is 17.2 Å². The smallest absolute Gasteiger partial charge is 0.234 e. The topological polar surface area (TPSA) is 29.5 Å². The summed E-state index contributed by atoms with van der Waals surface area (Å²) >= 11 is 1.67. The van der Waals surface area contributed by atoms with Crippen molar-refractivity contribution in [1.29, 1.82) is 0 Å². The first-order valence-electron chi connectivity index (χ1n) is 7.87. The Morgan fingerprint density at radius 2 is 1.62 bits per heavy atom. The molecule has 3 aromatic rings. The van der Waals surface area contributed by atoms with Crippen LogP contribution in [0.25, 0.3) is 0 Å². The van der Waals surface area contributed by atoms with E-state index in [2.05, 4.69) is 6.07 Å². The Morgan fingerprint density at radius 3 is 2.21 bits per heavy atom. The molecule has 4 rings (SSSR count). The normalized spacial score (nSPS) is 12.9. The molecule has 1 amide bonds. The highest BCUT2D eigenvalue weighted by atomic mass is 32.1. The van der Waals surface area contributed by atoms with Crippen LogP contribution in [0.2, 0.25) is 0 Å². The largest absolute Gasteiger partial charge is 0.457 e. The van der Waals surface area contributed by atoms with Gasteiger partial charge in [-0.3, -0.25) is 4.79 Å². The first kappa shape index (κ1) is 15.0. The molecule has 0 atom stereocenters. The number of benzene rings is 2. The number of amides is 1. The summed E-state index contributed by atoms with van der Waals surface area (Å²) in [4.78, 5) is 16.2. The molecule has 3 nitrogen and oxygen atoms in total. The average molecular weight is 335 g/mol. The van der Waals surface area contributed by atoms with Crippen molar-refractivity contribution in [3.05, 3.63) is 82.0 Å². The number of likely N-dealkylation sites (N-methyl/N-ethyl adjacent to an activating group) is 1. The Bertz CT molecular complexity index is 827. The highest BCUT2D eigenvalue weighted by Crippen LogP contribution is 2.44. The summed E-state index contributed by atoms with van der Waals surface area (Å²) in [6, 6.07) is 19.6. The summed E-state index contributed by atoms with van der Waals surface area (Å²) in [5.74, 6) is 1.29. The third-order valence-electron chi connectivity index (χ3n) is 4.28. The highest BCUT2D eigenvalue weighted by Gasteiger charge is 2.34. The van der Waals surface area contributed by atoms with Gasteiger partial charge in [-0.2, -0.15) is 0 Å². The Balaban J connectivity index is 1.72. The number of rotatable bonds is 3. The fourth-order valence-corrected chi connectivity index (χ4v) is 3.87. The van der Waals surface area contributed by atoms with Crippen LogP contribution < -0.4 is 4.74 Å². The minimum atomic E-state index is -0.323. The second-order valence-corrected chi connectivity index (χ2v) is 6.92. The van der Waals surface area contributed by atoms with Gasteiger partial charge in [0.05, 0.1) is 12.5 Å². The van der Waals surface area contributed by atoms with Crippen LogP contribution in [0.3, 0.4) is 0 Å². The molecule has 0 saturated heterocycles. The van der Waals surface area contributed by atoms with E-state index in [1.807, 2.05) is 67.0 Å². The summed E-state index contributed by atoms with van der Waals surface area (Å²) in [7, 11) is 1.86. The van der Waals surface area contributed by atoms with Crippen LogP contribution in [0.1, 0.15) is 21.9 Å². The first-order valence-corrected chi connectivity index (χ1v) is 8.75. The monoisotopic (exact) mass is 335 g/mol. The van der Waals surface area contributed by atoms with E-state index in [1.165, 1.54) is 4.88 Å². The maximum absolute atomic E-state index is 13.2. The second-order valence-electron chi connectivity index (χ2n) is 5.88. The third kappa shape index (κ3) is 2.59. The van der Waals surface area contributed by atoms with Gasteiger partial charge in [0.25, 0.3) is 0 Å². The summed E-state index contributed by atoms with van der Waals surface area (Å²) < 4.78 is 5.97. The SMILES string of the molecule is CN(Cc1cccs1)C(=O)C1c2ccccc2Oc2ccccc21. The van der Waals surface area contributed by atoms with Gasteiger partial charge in [-0.25, -0.2) is 0 Å². The number of para-hydroxylation sites is 2. The molecule has 1 aliphatic heterocycles. The van der Waals surface area contributed by atoms with E-state index in [0.29, 0.717) is 6.54 Å². The van der Waals surface area contributed by atoms with E-state index >= 15 is 0 Å². The number of fused-ring (bicyclic) bond motifs is 2. The number of carbonyl (C=O) groups is 1. The molecule has 0 radical (unpaired) electrons. The van der Waals surface area contributed by atoms with Crippen molar-refractivity contribution in [1.82, 2.24) is 4.90 Å². The number of nitrogens with zero attached hydrogens (tertiary/aromatic N) is 1. The molecule has 120 valence electrons. The lowest BCUT2D eigenvalue weighted by molar-refractivity contribution is -0.131. The van der Waals surface area contributed by atoms with Gasteiger partial charge in [0.1, 0.15) is 11.5 Å². The summed E-state index contributed by atoms with van der Waals surface area (Å²) in [6.45, 7) is 0.623. The van der Waals surface area contributed by atoms with Crippen LogP contribution in [-0.4, -0.2) is 17.9 Å². The molecule has 0 N–H and O–H groups in total. The zero-order chi connectivity index (χ0) is 16.5. The molecule has 0 spiro atoms. The Morgan fingerprint density at radius 1 is 1.00 bits per heavy atom. The highest BCUT2D eigenvalue weighted by molar-refractivity contribution is 7.09. The van der Waals surface area contributed by atoms with E-state index in [0.717, 1.165) is 22.6 Å². The van der Waals surface area contributed by atoms with Crippen LogP contribution in [0, 0.1) is 0 Å². The Labute approximate surface area is 145 Å². The molecule has 2 aromatic carbocycles. The lowest BCUT2D eigenvalue weighted by atomic mass is 9.87. The molecule has 0 aliphatic carbocycles. The van der Waals surface area contributed by atoms with Crippen molar-refractivity contribution in [2.45, 2.75) is 12.5 Å². The average Bonchev–Trinajstić information content (AvgIpc) is 3.12. The van der Waals surface area contributed by atoms with Crippen molar-refractivity contribution in [3.63, 3.8) is 0 Å². The van der Waals surface area contributed by atoms with Gasteiger partial charge >= 0.3 is 0 Å². The summed E-state index contributed by atoms with van der Waals surface area (Å²) in [6.07, 6.45) is 0. The van der Waals surface area contributed by atoms with Crippen molar-refractivity contribution < 1.29 is 9.53 Å². The van der Waals surface area contributed by atoms with Crippen LogP contribution in [0.4, 0.5) is 0 Å². The van der Waals surface area contributed by atoms with Crippen molar-refractivity contribution in [2.24, 2.45) is 0 Å². The van der Waals surface area contributed by atoms with Gasteiger partial charge in [0.2, 0.25) is 5.91 Å². The van der Waals surface area contributed by atoms with Gasteiger partial charge in [-0.15, -0.1) is 11.3 Å². The maximum atomic E-state index is 13.2. The number of hydrogen-bond acceptors (Lipinski definition) is 3. The Kier molecular flexibility index (Phi) is 3.82. The molecule has 0 unspecified atom stereocenters. The quantitative estimate of drug-likeness (QED) is 0.697. The van der Waals surface area contributed by atoms with Crippen LogP contribution in [0.5, 0.6) is 11.5 Å². The predicted molar refractivity (Wildman–Crippen MR) is 95.6 cm³/mol. The molecule has 24 heavy (non-hydrogen) atoms. The molecule has 4 heteroatoms. The third-order valence-corrected chi connectivity index (χ3v) is 5.14. The van der Waals surface area contributed by atoms with Crippen LogP contribution in [-0.2, 0) is 11.3 Å². The van der Waals surface area contributed by atoms with E-state index in [1.54, 1.807) is 16.2 Å². The zero-order valence-corrected chi connectivity index (χ0v) is 14.1. The number of hydrogen-bond donors (Lipinski definition) is 0. The van der Waals surface area contributed by atoms with Gasteiger partial charge in [0.15, 0.2) is 0 Å². The molecule has 2 heterocycles. The molecule has 0 saturated carbocycles. The molecule has 0 fully saturated rings. The second kappa shape index (κ2) is 6.13. The van der Waals surface area contributed by atoms with Gasteiger partial charge in [-0.05, 0) is 23.6 Å². The maximum Gasteiger partial charge on any atom is 0.234 e. The molecule has 0 bridgehead atoms. The zero-order valence-electron chi connectivity index (χ0n) is 13.3. The van der Waals surface area contributed by atoms with Gasteiger partial charge in [-0.1, -0.05) is 42.5 Å². The first-order chi connectivity index (χ1) is 11.7. The fraction of sp³-hybridized carbons (Fsp3) is 0.150. The molecule has 1 aromatic heterocycles. The number of thiophene rings is 1. The van der Waals surface area contributed by atoms with Gasteiger partial charge in [0, 0.05) is 23.1 Å². The molecule has 1 aliphatic rings. The molecular formula is C20H17NO2S. The minimum Gasteiger partial charge on any atom is -0.457 e. The lowest BCUT2D eigenvalue weighted by Crippen LogP contribution is -2.33. The van der Waals surface area contributed by atoms with Crippen LogP contribution in [0.15, 0.2) is 66.0 Å². The van der Waals surface area contributed by atoms with E-state index in [-0.39, 0.29) is 11.8 Å². The van der Waals surface area contributed by atoms with Crippen molar-refractivity contribution in [2.75, 3.05) is 7.05 Å². The van der Waals surface area contributed by atoms with E-state index in [9.17, 15) is 4.79 Å². The standard InChI is InChI=1S/C20H17NO2S/c1-21(13-14-7-6-12-24-14)20(22)19-15-8-2-4-10-17(15)23-18-11-5-3-9-16(18)19/h2-12,19H,13H2,1H3. The molecular weight excluding hydrogens is 318 g/mol. The lowest BCUT2D eigenvalue weighted by Gasteiger charge is -2.30. The summed E-state index contributed by atoms with van der Waals surface area (Å²) in [5.41, 5.74) is 1.86. The van der Waals surface area contributed by atoms with Gasteiger partial charge < -0.3 is 9.64 Å². The van der Waals surface area contributed by atoms with E-state index in [4.69, 9.17) is 4.74 Å². The number of ether oxygens (including phenoxy) is 1. The predicted octanol–water partition coefficient (Wildman–Crippen LogP) is 4.64. The Hall–Kier alpha value is -2.59. The minimum absolute atomic E-state index is 0.0894.